The molecule has 0 radical (unpaired) electrons. The van der Waals surface area contributed by atoms with Crippen LogP contribution in [0.15, 0.2) is 60.7 Å². The van der Waals surface area contributed by atoms with Crippen LogP contribution in [0.5, 0.6) is 0 Å². The van der Waals surface area contributed by atoms with Gasteiger partial charge in [-0.3, -0.25) is 62.4 Å². The minimum absolute atomic E-state index is 0.0250. The van der Waals surface area contributed by atoms with Crippen molar-refractivity contribution in [3.63, 3.8) is 0 Å². The van der Waals surface area contributed by atoms with Crippen LogP contribution in [-0.4, -0.2) is 240 Å². The van der Waals surface area contributed by atoms with Gasteiger partial charge in [-0.2, -0.15) is 0 Å². The number of likely N-dealkylation sites (N-methyl/N-ethyl adjacent to an activating group) is 4. The van der Waals surface area contributed by atoms with Gasteiger partial charge >= 0.3 is 0 Å². The molecule has 3 aliphatic rings. The highest BCUT2D eigenvalue weighted by atomic mass is 16.3. The molecule has 0 saturated carbocycles. The summed E-state index contributed by atoms with van der Waals surface area (Å²) in [5.41, 5.74) is 1.43. The van der Waals surface area contributed by atoms with Crippen LogP contribution in [0.25, 0.3) is 0 Å². The van der Waals surface area contributed by atoms with Crippen LogP contribution >= 0.6 is 0 Å². The first kappa shape index (κ1) is 80.0. The van der Waals surface area contributed by atoms with E-state index in [-0.39, 0.29) is 75.2 Å². The largest absolute Gasteiger partial charge is 0.392 e. The van der Waals surface area contributed by atoms with Gasteiger partial charge < -0.3 is 61.5 Å². The lowest BCUT2D eigenvalue weighted by atomic mass is 9.96. The number of amides is 10. The smallest absolute Gasteiger partial charge is 0.255 e. The summed E-state index contributed by atoms with van der Waals surface area (Å²) >= 11 is 0. The standard InChI is InChI=1S/C72H112N12O13/c1-14-48(8)65-70(95)78-66(72(97)83-30-22-17-23-31-83)71(96)79(10)44-64(91)80(11)53(34-46(4)5)39-63(90)81(12)58(35-47(6)7)69(94)75-52(33-45(2)3)38-62(89)82(13)59(37-51-27-20-16-21-28-51)67(92)74-42-61(88)76-56(36-50-25-18-15-19-26-50)60(87)41-73-55(49(9)85)40-54(86)43-84-32-24-29-57(84)68(93)77-65/h15-16,18-21,25-28,45-49,52-53,55-59,65-66,73,85H,14,17,22-24,29-44H2,1-13H3,(H,74,92)(H,75,94)(H,76,88)(H,77,93)(H,78,95)/t48-,49+,52-,53-,55+,56-,57-,58-,59-,65-,66-/m0/s1. The molecule has 25 nitrogen and oxygen atoms in total. The average molecular weight is 1350 g/mol. The SMILES string of the molecule is CC[C@H](C)[C@@H]1NC(=O)[C@@H]2CCCN2CC(=O)C[C@H]([C@@H](C)O)NCC(=O)[C@H](Cc2ccccc2)NC(=O)CNC(=O)[C@H](Cc2ccccc2)N(C)C(=O)C[C@H](CC(C)C)NC(=O)[C@H](CC(C)C)N(C)C(=O)C[C@H](CC(C)C)N(C)C(=O)CN(C)C(=O)[C@@H](C(=O)N2CCCCC2)NC1=O. The van der Waals surface area contributed by atoms with Gasteiger partial charge in [0.25, 0.3) is 11.8 Å². The zero-order valence-corrected chi connectivity index (χ0v) is 59.7. The molecule has 25 heteroatoms. The first-order valence-corrected chi connectivity index (χ1v) is 35.0. The van der Waals surface area contributed by atoms with E-state index < -0.39 is 144 Å². The van der Waals surface area contributed by atoms with Crippen molar-refractivity contribution in [2.75, 3.05) is 74.0 Å². The Hall–Kier alpha value is -7.64. The number of carbonyl (C=O) groups is 12. The maximum atomic E-state index is 14.8. The zero-order chi connectivity index (χ0) is 71.8. The molecule has 10 amide bonds. The van der Waals surface area contributed by atoms with Crippen molar-refractivity contribution in [2.24, 2.45) is 23.7 Å². The van der Waals surface area contributed by atoms with Gasteiger partial charge in [0, 0.05) is 85.1 Å². The lowest BCUT2D eigenvalue weighted by molar-refractivity contribution is -0.150. The van der Waals surface area contributed by atoms with E-state index in [0.717, 1.165) is 11.3 Å². The maximum absolute atomic E-state index is 14.8. The number of aliphatic hydroxyl groups excluding tert-OH is 1. The van der Waals surface area contributed by atoms with Gasteiger partial charge in [0.1, 0.15) is 23.9 Å². The molecule has 0 aliphatic carbocycles. The number of benzene rings is 2. The van der Waals surface area contributed by atoms with Crippen molar-refractivity contribution < 1.29 is 62.6 Å². The molecule has 5 rings (SSSR count). The fraction of sp³-hybridized carbons (Fsp3) is 0.667. The van der Waals surface area contributed by atoms with Gasteiger partial charge in [0.05, 0.1) is 44.4 Å². The lowest BCUT2D eigenvalue weighted by Crippen LogP contribution is -2.62. The fourth-order valence-corrected chi connectivity index (χ4v) is 12.9. The molecule has 0 aromatic heterocycles. The molecular formula is C72H112N12O13. The predicted molar refractivity (Wildman–Crippen MR) is 369 cm³/mol. The first-order chi connectivity index (χ1) is 45.9. The van der Waals surface area contributed by atoms with Crippen LogP contribution in [0.4, 0.5) is 0 Å². The highest BCUT2D eigenvalue weighted by Crippen LogP contribution is 2.23. The number of likely N-dealkylation sites (tertiary alicyclic amines) is 1. The summed E-state index contributed by atoms with van der Waals surface area (Å²) in [4.78, 5) is 182. The van der Waals surface area contributed by atoms with Crippen LogP contribution in [-0.2, 0) is 70.4 Å². The number of nitrogens with one attached hydrogen (secondary N) is 6. The minimum Gasteiger partial charge on any atom is -0.392 e. The van der Waals surface area contributed by atoms with Gasteiger partial charge in [-0.05, 0) is 106 Å². The Morgan fingerprint density at radius 2 is 1.15 bits per heavy atom. The highest BCUT2D eigenvalue weighted by Gasteiger charge is 2.42. The number of rotatable bonds is 14. The number of ketones is 2. The topological polar surface area (TPSA) is 317 Å². The minimum atomic E-state index is -1.79. The summed E-state index contributed by atoms with van der Waals surface area (Å²) in [6.07, 6.45) is 2.66. The van der Waals surface area contributed by atoms with Crippen molar-refractivity contribution in [1.82, 2.24) is 61.3 Å². The summed E-state index contributed by atoms with van der Waals surface area (Å²) in [5.74, 6) is -7.79. The predicted octanol–water partition coefficient (Wildman–Crippen LogP) is 2.79. The second-order valence-electron chi connectivity index (χ2n) is 28.4. The molecule has 2 aromatic rings. The molecule has 97 heavy (non-hydrogen) atoms. The van der Waals surface area contributed by atoms with Gasteiger partial charge in [-0.25, -0.2) is 0 Å². The van der Waals surface area contributed by atoms with E-state index in [1.54, 1.807) is 66.4 Å². The second-order valence-corrected chi connectivity index (χ2v) is 28.4. The van der Waals surface area contributed by atoms with E-state index in [1.165, 1.54) is 54.7 Å². The molecule has 3 aliphatic heterocycles. The molecule has 2 aromatic carbocycles. The Kier molecular flexibility index (Phi) is 32.2. The summed E-state index contributed by atoms with van der Waals surface area (Å²) in [5, 5.41) is 28.2. The molecule has 0 spiro atoms. The Morgan fingerprint density at radius 3 is 1.74 bits per heavy atom. The maximum Gasteiger partial charge on any atom is 0.255 e. The molecular weight excluding hydrogens is 1240 g/mol. The average Bonchev–Trinajstić information content (AvgIpc) is 1.65. The third-order valence-corrected chi connectivity index (χ3v) is 18.9. The summed E-state index contributed by atoms with van der Waals surface area (Å²) in [6, 6.07) is 8.33. The normalized spacial score (nSPS) is 26.1. The zero-order valence-electron chi connectivity index (χ0n) is 59.7. The number of piperidine rings is 1. The monoisotopic (exact) mass is 1350 g/mol. The van der Waals surface area contributed by atoms with Gasteiger partial charge in [-0.1, -0.05) is 122 Å². The number of fused-ring (bicyclic) bond motifs is 1. The van der Waals surface area contributed by atoms with E-state index in [0.29, 0.717) is 75.7 Å². The number of aliphatic hydroxyl groups is 1. The van der Waals surface area contributed by atoms with Crippen LogP contribution in [0.2, 0.25) is 0 Å². The van der Waals surface area contributed by atoms with Gasteiger partial charge in [0.15, 0.2) is 11.8 Å². The highest BCUT2D eigenvalue weighted by molar-refractivity contribution is 6.08. The molecule has 11 atom stereocenters. The summed E-state index contributed by atoms with van der Waals surface area (Å²) < 4.78 is 0. The number of hydrogen-bond donors (Lipinski definition) is 7. The Labute approximate surface area is 574 Å². The molecule has 3 fully saturated rings. The van der Waals surface area contributed by atoms with E-state index in [4.69, 9.17) is 0 Å². The van der Waals surface area contributed by atoms with E-state index in [2.05, 4.69) is 31.9 Å². The second kappa shape index (κ2) is 39.1. The van der Waals surface area contributed by atoms with E-state index >= 15 is 0 Å². The summed E-state index contributed by atoms with van der Waals surface area (Å²) in [6.45, 7) is 15.9. The molecule has 3 saturated heterocycles. The fourth-order valence-electron chi connectivity index (χ4n) is 12.9. The van der Waals surface area contributed by atoms with Gasteiger partial charge in [-0.15, -0.1) is 0 Å². The molecule has 538 valence electrons. The van der Waals surface area contributed by atoms with Crippen molar-refractivity contribution in [1.29, 1.82) is 0 Å². The van der Waals surface area contributed by atoms with Crippen molar-refractivity contribution in [3.8, 4) is 0 Å². The third kappa shape index (κ3) is 25.0. The Balaban J connectivity index is 1.53. The lowest BCUT2D eigenvalue weighted by Gasteiger charge is -2.35. The Morgan fingerprint density at radius 1 is 0.567 bits per heavy atom. The van der Waals surface area contributed by atoms with E-state index in [9.17, 15) is 62.6 Å². The van der Waals surface area contributed by atoms with Crippen molar-refractivity contribution in [3.05, 3.63) is 71.8 Å². The number of nitrogens with zero attached hydrogens (tertiary/aromatic N) is 6. The van der Waals surface area contributed by atoms with Crippen LogP contribution in [0.3, 0.4) is 0 Å². The number of Topliss-reactive ketones (excluding diaryl/α,β-unsaturated/α-hetero) is 2. The van der Waals surface area contributed by atoms with Crippen LogP contribution in [0, 0.1) is 23.7 Å². The quantitative estimate of drug-likeness (QED) is 0.134. The van der Waals surface area contributed by atoms with Crippen LogP contribution < -0.4 is 31.9 Å². The van der Waals surface area contributed by atoms with Crippen molar-refractivity contribution >= 4 is 70.6 Å². The molecule has 0 bridgehead atoms. The van der Waals surface area contributed by atoms with Gasteiger partial charge in [0.2, 0.25) is 47.3 Å². The van der Waals surface area contributed by atoms with E-state index in [1.807, 2.05) is 54.5 Å². The Bertz CT molecular complexity index is 2980. The number of hydrogen-bond acceptors (Lipinski definition) is 15. The first-order valence-electron chi connectivity index (χ1n) is 35.0. The van der Waals surface area contributed by atoms with Crippen LogP contribution in [0.1, 0.15) is 150 Å². The van der Waals surface area contributed by atoms with Crippen molar-refractivity contribution in [2.45, 2.75) is 213 Å². The molecule has 7 N–H and O–H groups in total. The third-order valence-electron chi connectivity index (χ3n) is 18.9. The number of carbonyl (C=O) groups excluding carboxylic acids is 12. The summed E-state index contributed by atoms with van der Waals surface area (Å²) in [7, 11) is 5.90. The molecule has 3 heterocycles. The molecule has 0 unspecified atom stereocenters.